The molecule has 0 aliphatic carbocycles. The molecule has 0 amide bonds. The molecule has 1 aliphatic rings. The van der Waals surface area contributed by atoms with Gasteiger partial charge >= 0.3 is 0 Å². The molecule has 4 heterocycles. The summed E-state index contributed by atoms with van der Waals surface area (Å²) in [6, 6.07) is 0. The molecule has 1 saturated heterocycles. The van der Waals surface area contributed by atoms with Crippen LogP contribution < -0.4 is 5.56 Å². The highest BCUT2D eigenvalue weighted by atomic mass is 32.2. The van der Waals surface area contributed by atoms with Gasteiger partial charge in [0.05, 0.1) is 24.4 Å². The van der Waals surface area contributed by atoms with Gasteiger partial charge in [0, 0.05) is 36.2 Å². The number of thioether (sulfide) groups is 1. The number of fused-ring (bicyclic) bond motifs is 1. The summed E-state index contributed by atoms with van der Waals surface area (Å²) in [5.41, 5.74) is 1.24. The smallest absolute Gasteiger partial charge is 0.263 e. The van der Waals surface area contributed by atoms with Gasteiger partial charge in [0.25, 0.3) is 5.56 Å². The first kappa shape index (κ1) is 19.7. The van der Waals surface area contributed by atoms with Crippen LogP contribution in [0.5, 0.6) is 0 Å². The highest BCUT2D eigenvalue weighted by molar-refractivity contribution is 7.99. The topological polar surface area (TPSA) is 61.9 Å². The largest absolute Gasteiger partial charge is 0.376 e. The summed E-state index contributed by atoms with van der Waals surface area (Å²) in [5, 5.41) is 1.63. The van der Waals surface area contributed by atoms with Gasteiger partial charge in [0.1, 0.15) is 4.83 Å². The molecule has 1 fully saturated rings. The van der Waals surface area contributed by atoms with Crippen molar-refractivity contribution in [1.29, 1.82) is 0 Å². The third kappa shape index (κ3) is 4.04. The van der Waals surface area contributed by atoms with Crippen LogP contribution in [-0.4, -0.2) is 37.6 Å². The Morgan fingerprint density at radius 1 is 1.43 bits per heavy atom. The molecule has 0 saturated carbocycles. The van der Waals surface area contributed by atoms with E-state index in [1.54, 1.807) is 29.3 Å². The molecule has 150 valence electrons. The average molecular weight is 419 g/mol. The van der Waals surface area contributed by atoms with Crippen LogP contribution in [0, 0.1) is 6.92 Å². The summed E-state index contributed by atoms with van der Waals surface area (Å²) in [7, 11) is 0. The monoisotopic (exact) mass is 418 g/mol. The minimum Gasteiger partial charge on any atom is -0.376 e. The first-order valence-electron chi connectivity index (χ1n) is 9.90. The minimum atomic E-state index is 0.0961. The molecule has 6 nitrogen and oxygen atoms in total. The van der Waals surface area contributed by atoms with Gasteiger partial charge in [-0.1, -0.05) is 18.7 Å². The fourth-order valence-corrected chi connectivity index (χ4v) is 5.84. The van der Waals surface area contributed by atoms with Crippen LogP contribution in [0.15, 0.2) is 28.7 Å². The second-order valence-electron chi connectivity index (χ2n) is 7.12. The molecule has 0 unspecified atom stereocenters. The number of nitrogens with zero attached hydrogens (tertiary/aromatic N) is 4. The van der Waals surface area contributed by atoms with Crippen LogP contribution in [0.25, 0.3) is 10.2 Å². The lowest BCUT2D eigenvalue weighted by molar-refractivity contribution is 0.0937. The maximum absolute atomic E-state index is 13.4. The summed E-state index contributed by atoms with van der Waals surface area (Å²) >= 11 is 3.31. The van der Waals surface area contributed by atoms with Crippen LogP contribution >= 0.6 is 23.1 Å². The number of thiophene rings is 1. The van der Waals surface area contributed by atoms with Gasteiger partial charge in [-0.3, -0.25) is 9.36 Å². The van der Waals surface area contributed by atoms with Crippen molar-refractivity contribution in [3.05, 3.63) is 39.5 Å². The summed E-state index contributed by atoms with van der Waals surface area (Å²) in [6.45, 7) is 6.51. The molecule has 8 heteroatoms. The first-order valence-corrected chi connectivity index (χ1v) is 11.7. The van der Waals surface area contributed by atoms with E-state index in [-0.39, 0.29) is 11.7 Å². The molecular weight excluding hydrogens is 392 g/mol. The Balaban J connectivity index is 1.61. The molecule has 1 atom stereocenters. The molecule has 0 aromatic carbocycles. The Morgan fingerprint density at radius 3 is 3.04 bits per heavy atom. The zero-order valence-corrected chi connectivity index (χ0v) is 18.0. The van der Waals surface area contributed by atoms with E-state index in [1.807, 2.05) is 17.1 Å². The predicted molar refractivity (Wildman–Crippen MR) is 115 cm³/mol. The van der Waals surface area contributed by atoms with Crippen molar-refractivity contribution in [2.75, 3.05) is 12.4 Å². The zero-order valence-electron chi connectivity index (χ0n) is 16.4. The van der Waals surface area contributed by atoms with Crippen LogP contribution in [0.1, 0.15) is 36.6 Å². The molecular formula is C20H26N4O2S2. The normalized spacial score (nSPS) is 17.0. The Labute approximate surface area is 173 Å². The van der Waals surface area contributed by atoms with Crippen LogP contribution in [-0.2, 0) is 24.2 Å². The molecule has 0 bridgehead atoms. The van der Waals surface area contributed by atoms with E-state index >= 15 is 0 Å². The molecule has 0 spiro atoms. The number of ether oxygens (including phenoxy) is 1. The Morgan fingerprint density at radius 2 is 2.32 bits per heavy atom. The van der Waals surface area contributed by atoms with E-state index in [0.717, 1.165) is 65.5 Å². The fourth-order valence-electron chi connectivity index (χ4n) is 3.75. The number of hydrogen-bond donors (Lipinski definition) is 0. The molecule has 3 aromatic rings. The number of imidazole rings is 1. The first-order chi connectivity index (χ1) is 13.7. The van der Waals surface area contributed by atoms with Gasteiger partial charge in [-0.15, -0.1) is 11.3 Å². The molecule has 3 aromatic heterocycles. The third-order valence-corrected chi connectivity index (χ3v) is 7.30. The van der Waals surface area contributed by atoms with Crippen LogP contribution in [0.3, 0.4) is 0 Å². The highest BCUT2D eigenvalue weighted by Crippen LogP contribution is 2.30. The third-order valence-electron chi connectivity index (χ3n) is 5.19. The Kier molecular flexibility index (Phi) is 6.18. The van der Waals surface area contributed by atoms with Crippen molar-refractivity contribution in [3.8, 4) is 0 Å². The van der Waals surface area contributed by atoms with Crippen LogP contribution in [0.4, 0.5) is 0 Å². The number of rotatable bonds is 8. The van der Waals surface area contributed by atoms with Gasteiger partial charge in [-0.05, 0) is 38.2 Å². The van der Waals surface area contributed by atoms with Crippen molar-refractivity contribution in [1.82, 2.24) is 19.1 Å². The van der Waals surface area contributed by atoms with Gasteiger partial charge in [0.15, 0.2) is 5.16 Å². The highest BCUT2D eigenvalue weighted by Gasteiger charge is 2.22. The molecule has 0 N–H and O–H groups in total. The van der Waals surface area contributed by atoms with Crippen molar-refractivity contribution in [2.45, 2.75) is 63.9 Å². The molecule has 4 rings (SSSR count). The van der Waals surface area contributed by atoms with Gasteiger partial charge in [-0.2, -0.15) is 0 Å². The van der Waals surface area contributed by atoms with E-state index in [9.17, 15) is 4.79 Å². The van der Waals surface area contributed by atoms with Crippen molar-refractivity contribution in [3.63, 3.8) is 0 Å². The van der Waals surface area contributed by atoms with E-state index in [2.05, 4.69) is 23.4 Å². The standard InChI is InChI=1S/C20H26N4O2S2/c1-3-16-14(2)28-18-17(16)19(25)24(12-15-6-4-10-26-15)20(22-18)27-11-5-8-23-9-7-21-13-23/h7,9,13,15H,3-6,8,10-12H2,1-2H3/t15-/m0/s1. The predicted octanol–water partition coefficient (Wildman–Crippen LogP) is 3.89. The van der Waals surface area contributed by atoms with Crippen molar-refractivity contribution in [2.24, 2.45) is 0 Å². The summed E-state index contributed by atoms with van der Waals surface area (Å²) < 4.78 is 9.75. The molecule has 0 radical (unpaired) electrons. The van der Waals surface area contributed by atoms with E-state index < -0.39 is 0 Å². The van der Waals surface area contributed by atoms with E-state index in [4.69, 9.17) is 9.72 Å². The Hall–Kier alpha value is -1.64. The number of aromatic nitrogens is 4. The lowest BCUT2D eigenvalue weighted by Crippen LogP contribution is -2.29. The zero-order chi connectivity index (χ0) is 19.5. The average Bonchev–Trinajstić information content (AvgIpc) is 3.42. The second-order valence-corrected chi connectivity index (χ2v) is 9.38. The maximum atomic E-state index is 13.4. The van der Waals surface area contributed by atoms with E-state index in [1.165, 1.54) is 4.88 Å². The SMILES string of the molecule is CCc1c(C)sc2nc(SCCCn3ccnc3)n(C[C@@H]3CCCO3)c(=O)c12. The minimum absolute atomic E-state index is 0.0961. The summed E-state index contributed by atoms with van der Waals surface area (Å²) in [5.74, 6) is 0.909. The Bertz CT molecular complexity index is 988. The van der Waals surface area contributed by atoms with Gasteiger partial charge in [-0.25, -0.2) is 9.97 Å². The molecule has 1 aliphatic heterocycles. The van der Waals surface area contributed by atoms with Crippen molar-refractivity contribution < 1.29 is 4.74 Å². The lowest BCUT2D eigenvalue weighted by Gasteiger charge is -2.16. The van der Waals surface area contributed by atoms with E-state index in [0.29, 0.717) is 6.54 Å². The number of aryl methyl sites for hydroxylation is 3. The van der Waals surface area contributed by atoms with Gasteiger partial charge < -0.3 is 9.30 Å². The second kappa shape index (κ2) is 8.80. The van der Waals surface area contributed by atoms with Crippen LogP contribution in [0.2, 0.25) is 0 Å². The molecule has 28 heavy (non-hydrogen) atoms. The lowest BCUT2D eigenvalue weighted by atomic mass is 10.1. The fraction of sp³-hybridized carbons (Fsp3) is 0.550. The summed E-state index contributed by atoms with van der Waals surface area (Å²) in [6.07, 6.45) is 9.67. The quantitative estimate of drug-likeness (QED) is 0.316. The maximum Gasteiger partial charge on any atom is 0.263 e. The number of hydrogen-bond acceptors (Lipinski definition) is 6. The summed E-state index contributed by atoms with van der Waals surface area (Å²) in [4.78, 5) is 24.5. The van der Waals surface area contributed by atoms with Gasteiger partial charge in [0.2, 0.25) is 0 Å². The van der Waals surface area contributed by atoms with Crippen molar-refractivity contribution >= 4 is 33.3 Å².